The molecule has 0 radical (unpaired) electrons. The molecule has 22 heavy (non-hydrogen) atoms. The molecule has 0 aromatic heterocycles. The summed E-state index contributed by atoms with van der Waals surface area (Å²) in [7, 11) is 0. The zero-order valence-electron chi connectivity index (χ0n) is 12.8. The molecule has 2 aromatic carbocycles. The largest absolute Gasteiger partial charge is 0.481 e. The maximum Gasteiger partial charge on any atom is 0.303 e. The van der Waals surface area contributed by atoms with Crippen LogP contribution in [-0.2, 0) is 17.6 Å². The first-order valence-electron chi connectivity index (χ1n) is 8.10. The van der Waals surface area contributed by atoms with Gasteiger partial charge in [0.1, 0.15) is 0 Å². The number of carboxylic acids is 1. The Kier molecular flexibility index (Phi) is 4.57. The average Bonchev–Trinajstić information content (AvgIpc) is 2.91. The monoisotopic (exact) mass is 294 g/mol. The Morgan fingerprint density at radius 1 is 1.09 bits per heavy atom. The normalized spacial score (nSPS) is 16.5. The molecule has 2 aromatic rings. The first-order chi connectivity index (χ1) is 10.7. The van der Waals surface area contributed by atoms with Crippen LogP contribution in [0.5, 0.6) is 0 Å². The lowest BCUT2D eigenvalue weighted by atomic mass is 9.93. The zero-order chi connectivity index (χ0) is 15.4. The second-order valence-corrected chi connectivity index (χ2v) is 6.22. The number of hydrogen-bond acceptors (Lipinski definition) is 1. The molecule has 0 saturated heterocycles. The Balaban J connectivity index is 1.70. The SMILES string of the molecule is O=C(O)CCCC1CCc2ccc(Cc3ccccc3)cc21. The first-order valence-corrected chi connectivity index (χ1v) is 8.10. The van der Waals surface area contributed by atoms with Crippen LogP contribution < -0.4 is 0 Å². The highest BCUT2D eigenvalue weighted by Gasteiger charge is 2.22. The number of hydrogen-bond donors (Lipinski definition) is 1. The van der Waals surface area contributed by atoms with E-state index in [1.807, 2.05) is 6.07 Å². The molecule has 0 aliphatic heterocycles. The van der Waals surface area contributed by atoms with E-state index in [1.165, 1.54) is 28.7 Å². The summed E-state index contributed by atoms with van der Waals surface area (Å²) in [4.78, 5) is 10.7. The van der Waals surface area contributed by atoms with Crippen LogP contribution in [0.2, 0.25) is 0 Å². The molecule has 1 unspecified atom stereocenters. The minimum absolute atomic E-state index is 0.287. The van der Waals surface area contributed by atoms with E-state index in [1.54, 1.807) is 0 Å². The molecular formula is C20H22O2. The van der Waals surface area contributed by atoms with Crippen LogP contribution in [0.1, 0.15) is 53.9 Å². The Labute approximate surface area is 131 Å². The van der Waals surface area contributed by atoms with Crippen molar-refractivity contribution in [3.63, 3.8) is 0 Å². The lowest BCUT2D eigenvalue weighted by molar-refractivity contribution is -0.137. The van der Waals surface area contributed by atoms with Gasteiger partial charge in [-0.25, -0.2) is 0 Å². The smallest absolute Gasteiger partial charge is 0.303 e. The molecule has 1 atom stereocenters. The van der Waals surface area contributed by atoms with Gasteiger partial charge in [-0.1, -0.05) is 48.5 Å². The third-order valence-electron chi connectivity index (χ3n) is 4.61. The van der Waals surface area contributed by atoms with E-state index < -0.39 is 5.97 Å². The van der Waals surface area contributed by atoms with Gasteiger partial charge in [-0.05, 0) is 60.3 Å². The maximum atomic E-state index is 10.7. The maximum absolute atomic E-state index is 10.7. The molecule has 114 valence electrons. The molecule has 0 fully saturated rings. The molecule has 1 N–H and O–H groups in total. The van der Waals surface area contributed by atoms with Crippen molar-refractivity contribution >= 4 is 5.97 Å². The lowest BCUT2D eigenvalue weighted by Gasteiger charge is -2.12. The number of carboxylic acid groups (broad SMARTS) is 1. The van der Waals surface area contributed by atoms with Crippen LogP contribution in [0.4, 0.5) is 0 Å². The van der Waals surface area contributed by atoms with Crippen LogP contribution in [-0.4, -0.2) is 11.1 Å². The number of fused-ring (bicyclic) bond motifs is 1. The highest BCUT2D eigenvalue weighted by atomic mass is 16.4. The minimum atomic E-state index is -0.684. The molecule has 1 aliphatic carbocycles. The van der Waals surface area contributed by atoms with Crippen molar-refractivity contribution in [1.29, 1.82) is 0 Å². The fraction of sp³-hybridized carbons (Fsp3) is 0.350. The van der Waals surface area contributed by atoms with Crippen molar-refractivity contribution < 1.29 is 9.90 Å². The molecule has 0 amide bonds. The number of benzene rings is 2. The quantitative estimate of drug-likeness (QED) is 0.848. The summed E-state index contributed by atoms with van der Waals surface area (Å²) in [6, 6.07) is 17.4. The van der Waals surface area contributed by atoms with Gasteiger partial charge in [-0.3, -0.25) is 4.79 Å². The lowest BCUT2D eigenvalue weighted by Crippen LogP contribution is -1.99. The topological polar surface area (TPSA) is 37.3 Å². The van der Waals surface area contributed by atoms with Gasteiger partial charge in [0.05, 0.1) is 0 Å². The summed E-state index contributed by atoms with van der Waals surface area (Å²) in [6.45, 7) is 0. The van der Waals surface area contributed by atoms with Gasteiger partial charge in [0.2, 0.25) is 0 Å². The summed E-state index contributed by atoms with van der Waals surface area (Å²) in [5, 5.41) is 8.79. The Morgan fingerprint density at radius 2 is 1.91 bits per heavy atom. The summed E-state index contributed by atoms with van der Waals surface area (Å²) >= 11 is 0. The molecule has 0 spiro atoms. The Bertz CT molecular complexity index is 646. The van der Waals surface area contributed by atoms with Gasteiger partial charge in [-0.15, -0.1) is 0 Å². The molecule has 1 aliphatic rings. The van der Waals surface area contributed by atoms with Gasteiger partial charge in [0.25, 0.3) is 0 Å². The molecular weight excluding hydrogens is 272 g/mol. The number of rotatable bonds is 6. The summed E-state index contributed by atoms with van der Waals surface area (Å²) < 4.78 is 0. The van der Waals surface area contributed by atoms with Crippen LogP contribution in [0.15, 0.2) is 48.5 Å². The average molecular weight is 294 g/mol. The number of carbonyl (C=O) groups is 1. The van der Waals surface area contributed by atoms with Crippen molar-refractivity contribution in [3.8, 4) is 0 Å². The molecule has 0 heterocycles. The van der Waals surface area contributed by atoms with Gasteiger partial charge >= 0.3 is 5.97 Å². The van der Waals surface area contributed by atoms with Gasteiger partial charge in [0.15, 0.2) is 0 Å². The molecule has 3 rings (SSSR count). The molecule has 0 saturated carbocycles. The van der Waals surface area contributed by atoms with Crippen LogP contribution >= 0.6 is 0 Å². The second kappa shape index (κ2) is 6.78. The van der Waals surface area contributed by atoms with Crippen molar-refractivity contribution in [2.45, 2.75) is 44.4 Å². The van der Waals surface area contributed by atoms with E-state index in [0.29, 0.717) is 5.92 Å². The van der Waals surface area contributed by atoms with Crippen molar-refractivity contribution in [2.75, 3.05) is 0 Å². The Hall–Kier alpha value is -2.09. The third-order valence-corrected chi connectivity index (χ3v) is 4.61. The van der Waals surface area contributed by atoms with E-state index in [-0.39, 0.29) is 6.42 Å². The first kappa shape index (κ1) is 14.8. The van der Waals surface area contributed by atoms with E-state index in [0.717, 1.165) is 25.7 Å². The van der Waals surface area contributed by atoms with Crippen molar-refractivity contribution in [2.24, 2.45) is 0 Å². The van der Waals surface area contributed by atoms with Crippen LogP contribution in [0.3, 0.4) is 0 Å². The van der Waals surface area contributed by atoms with E-state index >= 15 is 0 Å². The molecule has 2 nitrogen and oxygen atoms in total. The summed E-state index contributed by atoms with van der Waals surface area (Å²) in [5.41, 5.74) is 5.61. The van der Waals surface area contributed by atoms with Crippen molar-refractivity contribution in [1.82, 2.24) is 0 Å². The Morgan fingerprint density at radius 3 is 2.68 bits per heavy atom. The number of aliphatic carboxylic acids is 1. The van der Waals surface area contributed by atoms with E-state index in [2.05, 4.69) is 42.5 Å². The minimum Gasteiger partial charge on any atom is -0.481 e. The van der Waals surface area contributed by atoms with E-state index in [4.69, 9.17) is 5.11 Å². The number of aryl methyl sites for hydroxylation is 1. The summed E-state index contributed by atoms with van der Waals surface area (Å²) in [6.07, 6.45) is 5.34. The fourth-order valence-electron chi connectivity index (χ4n) is 3.48. The van der Waals surface area contributed by atoms with Crippen LogP contribution in [0, 0.1) is 0 Å². The predicted octanol–water partition coefficient (Wildman–Crippen LogP) is 4.56. The third kappa shape index (κ3) is 3.56. The summed E-state index contributed by atoms with van der Waals surface area (Å²) in [5.74, 6) is -0.138. The standard InChI is InChI=1S/C20H22O2/c21-20(22)8-4-7-17-11-12-18-10-9-16(14-19(17)18)13-15-5-2-1-3-6-15/h1-3,5-6,9-10,14,17H,4,7-8,11-13H2,(H,21,22). The van der Waals surface area contributed by atoms with Crippen LogP contribution in [0.25, 0.3) is 0 Å². The van der Waals surface area contributed by atoms with Gasteiger partial charge in [-0.2, -0.15) is 0 Å². The predicted molar refractivity (Wildman–Crippen MR) is 88.2 cm³/mol. The van der Waals surface area contributed by atoms with Gasteiger partial charge < -0.3 is 5.11 Å². The fourth-order valence-corrected chi connectivity index (χ4v) is 3.48. The second-order valence-electron chi connectivity index (χ2n) is 6.22. The van der Waals surface area contributed by atoms with Gasteiger partial charge in [0, 0.05) is 6.42 Å². The van der Waals surface area contributed by atoms with E-state index in [9.17, 15) is 4.79 Å². The molecule has 2 heteroatoms. The molecule has 0 bridgehead atoms. The highest BCUT2D eigenvalue weighted by Crippen LogP contribution is 2.37. The highest BCUT2D eigenvalue weighted by molar-refractivity contribution is 5.66. The zero-order valence-corrected chi connectivity index (χ0v) is 12.8. The van der Waals surface area contributed by atoms with Crippen molar-refractivity contribution in [3.05, 3.63) is 70.8 Å².